The molecule has 27 heavy (non-hydrogen) atoms. The smallest absolute Gasteiger partial charge is 0.125 e. The Morgan fingerprint density at radius 2 is 1.89 bits per heavy atom. The Morgan fingerprint density at radius 1 is 1.11 bits per heavy atom. The quantitative estimate of drug-likeness (QED) is 0.840. The molecule has 4 heteroatoms. The summed E-state index contributed by atoms with van der Waals surface area (Å²) in [4.78, 5) is 2.14. The fraction of sp³-hybridized carbons (Fsp3) is 0.391. The maximum atomic E-state index is 12.0. The van der Waals surface area contributed by atoms with Gasteiger partial charge in [0.1, 0.15) is 17.1 Å². The van der Waals surface area contributed by atoms with Crippen LogP contribution in [0.4, 0.5) is 0 Å². The lowest BCUT2D eigenvalue weighted by atomic mass is 9.80. The van der Waals surface area contributed by atoms with Crippen molar-refractivity contribution >= 4 is 6.08 Å². The summed E-state index contributed by atoms with van der Waals surface area (Å²) in [6.07, 6.45) is 3.89. The van der Waals surface area contributed by atoms with Crippen LogP contribution < -0.4 is 9.47 Å². The first-order valence-electron chi connectivity index (χ1n) is 9.34. The van der Waals surface area contributed by atoms with Crippen LogP contribution in [0.25, 0.3) is 6.08 Å². The van der Waals surface area contributed by atoms with Gasteiger partial charge in [0.15, 0.2) is 0 Å². The molecule has 0 aliphatic heterocycles. The van der Waals surface area contributed by atoms with Crippen molar-refractivity contribution in [2.45, 2.75) is 18.4 Å². The van der Waals surface area contributed by atoms with E-state index in [1.165, 1.54) is 0 Å². The van der Waals surface area contributed by atoms with Crippen molar-refractivity contribution in [1.29, 1.82) is 0 Å². The minimum atomic E-state index is -1.06. The van der Waals surface area contributed by atoms with Gasteiger partial charge < -0.3 is 19.5 Å². The number of hydrogen-bond donors (Lipinski definition) is 1. The highest BCUT2D eigenvalue weighted by molar-refractivity contribution is 5.60. The van der Waals surface area contributed by atoms with E-state index in [-0.39, 0.29) is 5.92 Å². The van der Waals surface area contributed by atoms with Crippen LogP contribution >= 0.6 is 0 Å². The standard InChI is InChI=1S/C23H29NO3/c1-24(2)16-19-13-12-18(14-17-8-7-9-20(15-17)26-3)23(19,25)21-10-5-6-11-22(21)27-4/h5-11,14-15,19,25H,12-13,16H2,1-4H3. The topological polar surface area (TPSA) is 41.9 Å². The summed E-state index contributed by atoms with van der Waals surface area (Å²) in [5.74, 6) is 1.64. The van der Waals surface area contributed by atoms with Gasteiger partial charge in [-0.25, -0.2) is 0 Å². The zero-order valence-corrected chi connectivity index (χ0v) is 16.6. The summed E-state index contributed by atoms with van der Waals surface area (Å²) in [5.41, 5.74) is 1.83. The molecule has 0 heterocycles. The molecular weight excluding hydrogens is 338 g/mol. The number of nitrogens with zero attached hydrogens (tertiary/aromatic N) is 1. The monoisotopic (exact) mass is 367 g/mol. The Kier molecular flexibility index (Phi) is 5.88. The van der Waals surface area contributed by atoms with Gasteiger partial charge in [-0.2, -0.15) is 0 Å². The van der Waals surface area contributed by atoms with E-state index in [0.717, 1.165) is 47.6 Å². The SMILES string of the molecule is COc1cccc(C=C2CCC(CN(C)C)C2(O)c2ccccc2OC)c1. The summed E-state index contributed by atoms with van der Waals surface area (Å²) in [7, 11) is 7.42. The highest BCUT2D eigenvalue weighted by Gasteiger charge is 2.47. The van der Waals surface area contributed by atoms with E-state index in [4.69, 9.17) is 9.47 Å². The van der Waals surface area contributed by atoms with E-state index in [1.54, 1.807) is 14.2 Å². The highest BCUT2D eigenvalue weighted by atomic mass is 16.5. The van der Waals surface area contributed by atoms with Crippen molar-refractivity contribution in [3.63, 3.8) is 0 Å². The summed E-state index contributed by atoms with van der Waals surface area (Å²) < 4.78 is 10.9. The lowest BCUT2D eigenvalue weighted by Crippen LogP contribution is -2.38. The molecule has 144 valence electrons. The molecule has 0 saturated heterocycles. The molecule has 1 aliphatic rings. The molecule has 1 N–H and O–H groups in total. The minimum Gasteiger partial charge on any atom is -0.497 e. The normalized spacial score (nSPS) is 23.8. The Bertz CT molecular complexity index is 815. The predicted octanol–water partition coefficient (Wildman–Crippen LogP) is 3.95. The average molecular weight is 367 g/mol. The molecule has 2 aromatic rings. The van der Waals surface area contributed by atoms with E-state index >= 15 is 0 Å². The van der Waals surface area contributed by atoms with Crippen LogP contribution in [0.15, 0.2) is 54.1 Å². The number of methoxy groups -OCH3 is 2. The zero-order valence-electron chi connectivity index (χ0n) is 16.6. The zero-order chi connectivity index (χ0) is 19.4. The second kappa shape index (κ2) is 8.15. The summed E-state index contributed by atoms with van der Waals surface area (Å²) >= 11 is 0. The van der Waals surface area contributed by atoms with E-state index in [9.17, 15) is 5.11 Å². The molecule has 0 bridgehead atoms. The van der Waals surface area contributed by atoms with Crippen LogP contribution in [0.1, 0.15) is 24.0 Å². The molecule has 0 spiro atoms. The third kappa shape index (κ3) is 3.87. The van der Waals surface area contributed by atoms with Gasteiger partial charge in [-0.1, -0.05) is 36.4 Å². The van der Waals surface area contributed by atoms with E-state index in [0.29, 0.717) is 0 Å². The Labute approximate surface area is 162 Å². The van der Waals surface area contributed by atoms with Gasteiger partial charge in [0.25, 0.3) is 0 Å². The minimum absolute atomic E-state index is 0.0978. The Balaban J connectivity index is 2.10. The van der Waals surface area contributed by atoms with Gasteiger partial charge in [0.05, 0.1) is 14.2 Å². The predicted molar refractivity (Wildman–Crippen MR) is 109 cm³/mol. The first-order valence-corrected chi connectivity index (χ1v) is 9.34. The number of benzene rings is 2. The molecule has 1 aliphatic carbocycles. The van der Waals surface area contributed by atoms with Gasteiger partial charge >= 0.3 is 0 Å². The van der Waals surface area contributed by atoms with Crippen molar-refractivity contribution < 1.29 is 14.6 Å². The molecular formula is C23H29NO3. The van der Waals surface area contributed by atoms with Crippen LogP contribution in [0.3, 0.4) is 0 Å². The van der Waals surface area contributed by atoms with Gasteiger partial charge in [-0.05, 0) is 56.3 Å². The van der Waals surface area contributed by atoms with Crippen LogP contribution in [0.5, 0.6) is 11.5 Å². The molecule has 0 radical (unpaired) electrons. The molecule has 2 atom stereocenters. The number of rotatable bonds is 6. The largest absolute Gasteiger partial charge is 0.497 e. The first kappa shape index (κ1) is 19.5. The van der Waals surface area contributed by atoms with Crippen LogP contribution in [0.2, 0.25) is 0 Å². The van der Waals surface area contributed by atoms with Crippen molar-refractivity contribution in [1.82, 2.24) is 4.90 Å². The van der Waals surface area contributed by atoms with Gasteiger partial charge in [0, 0.05) is 18.0 Å². The Morgan fingerprint density at radius 3 is 2.59 bits per heavy atom. The molecule has 2 unspecified atom stereocenters. The second-order valence-electron chi connectivity index (χ2n) is 7.41. The van der Waals surface area contributed by atoms with Gasteiger partial charge in [-0.3, -0.25) is 0 Å². The number of aliphatic hydroxyl groups is 1. The third-order valence-corrected chi connectivity index (χ3v) is 5.38. The molecule has 4 nitrogen and oxygen atoms in total. The summed E-state index contributed by atoms with van der Waals surface area (Å²) in [6, 6.07) is 15.7. The first-order chi connectivity index (χ1) is 13.0. The lowest BCUT2D eigenvalue weighted by Gasteiger charge is -2.35. The Hall–Kier alpha value is -2.30. The van der Waals surface area contributed by atoms with E-state index in [2.05, 4.69) is 11.0 Å². The number of ether oxygens (including phenoxy) is 2. The highest BCUT2D eigenvalue weighted by Crippen LogP contribution is 2.51. The lowest BCUT2D eigenvalue weighted by molar-refractivity contribution is 0.0196. The average Bonchev–Trinajstić information content (AvgIpc) is 2.98. The van der Waals surface area contributed by atoms with Gasteiger partial charge in [-0.15, -0.1) is 0 Å². The molecule has 0 aromatic heterocycles. The molecule has 0 amide bonds. The molecule has 1 saturated carbocycles. The van der Waals surface area contributed by atoms with Crippen LogP contribution in [-0.4, -0.2) is 44.9 Å². The molecule has 2 aromatic carbocycles. The molecule has 1 fully saturated rings. The summed E-state index contributed by atoms with van der Waals surface area (Å²) in [6.45, 7) is 0.810. The fourth-order valence-corrected chi connectivity index (χ4v) is 4.12. The maximum absolute atomic E-state index is 12.0. The molecule has 3 rings (SSSR count). The third-order valence-electron chi connectivity index (χ3n) is 5.38. The van der Waals surface area contributed by atoms with Crippen molar-refractivity contribution in [2.24, 2.45) is 5.92 Å². The number of hydrogen-bond acceptors (Lipinski definition) is 4. The van der Waals surface area contributed by atoms with Crippen molar-refractivity contribution in [3.8, 4) is 11.5 Å². The van der Waals surface area contributed by atoms with E-state index in [1.807, 2.05) is 62.6 Å². The van der Waals surface area contributed by atoms with Crippen LogP contribution in [-0.2, 0) is 5.60 Å². The fourth-order valence-electron chi connectivity index (χ4n) is 4.12. The van der Waals surface area contributed by atoms with Crippen LogP contribution in [0, 0.1) is 5.92 Å². The second-order valence-corrected chi connectivity index (χ2v) is 7.41. The van der Waals surface area contributed by atoms with Crippen molar-refractivity contribution in [2.75, 3.05) is 34.9 Å². The number of para-hydroxylation sites is 1. The van der Waals surface area contributed by atoms with Gasteiger partial charge in [0.2, 0.25) is 0 Å². The summed E-state index contributed by atoms with van der Waals surface area (Å²) in [5, 5.41) is 12.0. The van der Waals surface area contributed by atoms with Crippen molar-refractivity contribution in [3.05, 3.63) is 65.2 Å². The maximum Gasteiger partial charge on any atom is 0.125 e. The van der Waals surface area contributed by atoms with E-state index < -0.39 is 5.60 Å².